The normalized spacial score (nSPS) is 13.0. The van der Waals surface area contributed by atoms with Crippen LogP contribution in [0, 0.1) is 0 Å². The first-order chi connectivity index (χ1) is 14.4. The second kappa shape index (κ2) is 9.08. The third-order valence-electron chi connectivity index (χ3n) is 4.57. The number of nitrogens with zero attached hydrogens (tertiary/aromatic N) is 1. The van der Waals surface area contributed by atoms with E-state index < -0.39 is 17.8 Å². The summed E-state index contributed by atoms with van der Waals surface area (Å²) in [7, 11) is 2.77. The lowest BCUT2D eigenvalue weighted by molar-refractivity contribution is -0.132. The van der Waals surface area contributed by atoms with Gasteiger partial charge in [-0.2, -0.15) is 0 Å². The van der Waals surface area contributed by atoms with Crippen LogP contribution >= 0.6 is 0 Å². The highest BCUT2D eigenvalue weighted by atomic mass is 16.5. The first-order valence-corrected chi connectivity index (χ1v) is 9.22. The Balaban J connectivity index is 1.68. The van der Waals surface area contributed by atoms with Crippen LogP contribution in [0.5, 0.6) is 5.75 Å². The van der Waals surface area contributed by atoms with Gasteiger partial charge >= 0.3 is 17.8 Å². The molecule has 1 heterocycles. The SMILES string of the molecule is COC(=O)c1ccc(NC(=O)C(=O)Nc2ccc(OC)c(N3CCCC3=O)c2)cc1. The van der Waals surface area contributed by atoms with E-state index in [9.17, 15) is 19.2 Å². The summed E-state index contributed by atoms with van der Waals surface area (Å²) in [4.78, 5) is 49.6. The molecule has 1 aliphatic rings. The molecule has 3 rings (SSSR count). The molecule has 1 aliphatic heterocycles. The number of benzene rings is 2. The van der Waals surface area contributed by atoms with Crippen LogP contribution in [0.4, 0.5) is 17.1 Å². The first kappa shape index (κ1) is 20.8. The summed E-state index contributed by atoms with van der Waals surface area (Å²) < 4.78 is 9.92. The zero-order chi connectivity index (χ0) is 21.7. The largest absolute Gasteiger partial charge is 0.495 e. The van der Waals surface area contributed by atoms with Crippen molar-refractivity contribution in [2.45, 2.75) is 12.8 Å². The number of anilines is 3. The van der Waals surface area contributed by atoms with Gasteiger partial charge in [-0.1, -0.05) is 0 Å². The van der Waals surface area contributed by atoms with E-state index in [-0.39, 0.29) is 5.91 Å². The van der Waals surface area contributed by atoms with Gasteiger partial charge in [-0.05, 0) is 48.9 Å². The number of hydrogen-bond donors (Lipinski definition) is 2. The minimum atomic E-state index is -0.879. The fourth-order valence-corrected chi connectivity index (χ4v) is 3.06. The van der Waals surface area contributed by atoms with Crippen LogP contribution in [-0.2, 0) is 19.1 Å². The molecule has 0 unspecified atom stereocenters. The van der Waals surface area contributed by atoms with Gasteiger partial charge in [0, 0.05) is 24.3 Å². The first-order valence-electron chi connectivity index (χ1n) is 9.22. The van der Waals surface area contributed by atoms with E-state index in [1.165, 1.54) is 38.5 Å². The Morgan fingerprint density at radius 1 is 0.933 bits per heavy atom. The molecule has 3 amide bonds. The molecule has 9 heteroatoms. The van der Waals surface area contributed by atoms with Gasteiger partial charge in [-0.15, -0.1) is 0 Å². The van der Waals surface area contributed by atoms with Crippen molar-refractivity contribution in [3.63, 3.8) is 0 Å². The van der Waals surface area contributed by atoms with Crippen LogP contribution in [-0.4, -0.2) is 44.5 Å². The Hall–Kier alpha value is -3.88. The Morgan fingerprint density at radius 3 is 2.13 bits per heavy atom. The van der Waals surface area contributed by atoms with E-state index in [1.54, 1.807) is 23.1 Å². The van der Waals surface area contributed by atoms with E-state index in [4.69, 9.17) is 4.74 Å². The number of methoxy groups -OCH3 is 2. The van der Waals surface area contributed by atoms with Crippen molar-refractivity contribution < 1.29 is 28.7 Å². The molecule has 0 radical (unpaired) electrons. The Bertz CT molecular complexity index is 987. The van der Waals surface area contributed by atoms with Crippen molar-refractivity contribution in [1.29, 1.82) is 0 Å². The summed E-state index contributed by atoms with van der Waals surface area (Å²) in [5.74, 6) is -1.79. The Labute approximate surface area is 172 Å². The van der Waals surface area contributed by atoms with Gasteiger partial charge in [0.1, 0.15) is 5.75 Å². The van der Waals surface area contributed by atoms with Crippen LogP contribution in [0.1, 0.15) is 23.2 Å². The highest BCUT2D eigenvalue weighted by Crippen LogP contribution is 2.34. The Morgan fingerprint density at radius 2 is 1.57 bits per heavy atom. The molecule has 2 aromatic rings. The molecular weight excluding hydrogens is 390 g/mol. The number of esters is 1. The number of carbonyl (C=O) groups is 4. The number of ether oxygens (including phenoxy) is 2. The number of nitrogens with one attached hydrogen (secondary N) is 2. The predicted octanol–water partition coefficient (Wildman–Crippen LogP) is 2.19. The van der Waals surface area contributed by atoms with Crippen molar-refractivity contribution >= 4 is 40.8 Å². The van der Waals surface area contributed by atoms with Crippen LogP contribution < -0.4 is 20.3 Å². The van der Waals surface area contributed by atoms with Gasteiger partial charge in [-0.25, -0.2) is 4.79 Å². The molecule has 0 aromatic heterocycles. The van der Waals surface area contributed by atoms with E-state index in [0.29, 0.717) is 41.3 Å². The quantitative estimate of drug-likeness (QED) is 0.576. The summed E-state index contributed by atoms with van der Waals surface area (Å²) in [6.07, 6.45) is 1.20. The molecule has 156 valence electrons. The summed E-state index contributed by atoms with van der Waals surface area (Å²) in [5.41, 5.74) is 1.56. The van der Waals surface area contributed by atoms with Gasteiger partial charge in [-0.3, -0.25) is 14.4 Å². The van der Waals surface area contributed by atoms with Crippen LogP contribution in [0.3, 0.4) is 0 Å². The standard InChI is InChI=1S/C21H21N3O6/c1-29-17-10-9-15(12-16(17)24-11-3-4-18(24)25)23-20(27)19(26)22-14-7-5-13(6-8-14)21(28)30-2/h5-10,12H,3-4,11H2,1-2H3,(H,22,26)(H,23,27). The predicted molar refractivity (Wildman–Crippen MR) is 110 cm³/mol. The zero-order valence-corrected chi connectivity index (χ0v) is 16.6. The molecule has 30 heavy (non-hydrogen) atoms. The number of rotatable bonds is 5. The maximum atomic E-state index is 12.3. The van der Waals surface area contributed by atoms with Gasteiger partial charge in [0.05, 0.1) is 25.5 Å². The molecule has 2 aromatic carbocycles. The van der Waals surface area contributed by atoms with E-state index >= 15 is 0 Å². The molecule has 1 fully saturated rings. The molecule has 0 saturated carbocycles. The van der Waals surface area contributed by atoms with Gasteiger partial charge in [0.2, 0.25) is 5.91 Å². The molecule has 1 saturated heterocycles. The van der Waals surface area contributed by atoms with Crippen molar-refractivity contribution in [1.82, 2.24) is 0 Å². The lowest BCUT2D eigenvalue weighted by Crippen LogP contribution is -2.29. The molecule has 0 atom stereocenters. The highest BCUT2D eigenvalue weighted by Gasteiger charge is 2.25. The molecular formula is C21H21N3O6. The maximum Gasteiger partial charge on any atom is 0.337 e. The summed E-state index contributed by atoms with van der Waals surface area (Å²) >= 11 is 0. The average molecular weight is 411 g/mol. The van der Waals surface area contributed by atoms with Crippen molar-refractivity contribution in [2.75, 3.05) is 36.3 Å². The third kappa shape index (κ3) is 4.57. The minimum Gasteiger partial charge on any atom is -0.495 e. The number of hydrogen-bond acceptors (Lipinski definition) is 6. The van der Waals surface area contributed by atoms with Gasteiger partial charge < -0.3 is 25.0 Å². The number of amides is 3. The zero-order valence-electron chi connectivity index (χ0n) is 16.6. The molecule has 0 bridgehead atoms. The average Bonchev–Trinajstić information content (AvgIpc) is 3.19. The van der Waals surface area contributed by atoms with Crippen molar-refractivity contribution in [3.8, 4) is 5.75 Å². The molecule has 2 N–H and O–H groups in total. The van der Waals surface area contributed by atoms with E-state index in [1.807, 2.05) is 0 Å². The number of carbonyl (C=O) groups excluding carboxylic acids is 4. The smallest absolute Gasteiger partial charge is 0.337 e. The second-order valence-corrected chi connectivity index (χ2v) is 6.51. The molecule has 9 nitrogen and oxygen atoms in total. The van der Waals surface area contributed by atoms with E-state index in [2.05, 4.69) is 15.4 Å². The second-order valence-electron chi connectivity index (χ2n) is 6.51. The third-order valence-corrected chi connectivity index (χ3v) is 4.57. The van der Waals surface area contributed by atoms with Crippen molar-refractivity contribution in [3.05, 3.63) is 48.0 Å². The minimum absolute atomic E-state index is 0.0232. The highest BCUT2D eigenvalue weighted by molar-refractivity contribution is 6.43. The summed E-state index contributed by atoms with van der Waals surface area (Å²) in [6, 6.07) is 10.7. The summed E-state index contributed by atoms with van der Waals surface area (Å²) in [5, 5.41) is 4.97. The maximum absolute atomic E-state index is 12.3. The topological polar surface area (TPSA) is 114 Å². The summed E-state index contributed by atoms with van der Waals surface area (Å²) in [6.45, 7) is 0.564. The Kier molecular flexibility index (Phi) is 6.31. The fourth-order valence-electron chi connectivity index (χ4n) is 3.06. The van der Waals surface area contributed by atoms with Crippen LogP contribution in [0.15, 0.2) is 42.5 Å². The van der Waals surface area contributed by atoms with Gasteiger partial charge in [0.25, 0.3) is 0 Å². The monoisotopic (exact) mass is 411 g/mol. The fraction of sp³-hybridized carbons (Fsp3) is 0.238. The van der Waals surface area contributed by atoms with Crippen LogP contribution in [0.25, 0.3) is 0 Å². The molecule has 0 spiro atoms. The van der Waals surface area contributed by atoms with E-state index in [0.717, 1.165) is 6.42 Å². The lowest BCUT2D eigenvalue weighted by Gasteiger charge is -2.20. The lowest BCUT2D eigenvalue weighted by atomic mass is 10.2. The van der Waals surface area contributed by atoms with Crippen LogP contribution in [0.2, 0.25) is 0 Å². The molecule has 0 aliphatic carbocycles. The van der Waals surface area contributed by atoms with Gasteiger partial charge in [0.15, 0.2) is 0 Å². The van der Waals surface area contributed by atoms with Crippen molar-refractivity contribution in [2.24, 2.45) is 0 Å².